The maximum atomic E-state index is 12.5. The van der Waals surface area contributed by atoms with Gasteiger partial charge in [0.2, 0.25) is 0 Å². The number of carbonyl (C=O) groups is 2. The molecule has 26 heavy (non-hydrogen) atoms. The monoisotopic (exact) mass is 377 g/mol. The molecule has 0 aliphatic carbocycles. The molecule has 0 aliphatic rings. The number of hydrogen-bond acceptors (Lipinski definition) is 5. The number of amides is 1. The highest BCUT2D eigenvalue weighted by atomic mass is 32.2. The quantitative estimate of drug-likeness (QED) is 0.648. The SMILES string of the molecule is COC(CNC(=O)c1ccccc1SCc1occc1C(=O)O)C(C)C. The van der Waals surface area contributed by atoms with Gasteiger partial charge in [-0.3, -0.25) is 4.79 Å². The van der Waals surface area contributed by atoms with Crippen molar-refractivity contribution in [3.05, 3.63) is 53.5 Å². The molecule has 2 N–H and O–H groups in total. The third-order valence-corrected chi connectivity index (χ3v) is 5.05. The van der Waals surface area contributed by atoms with E-state index in [0.29, 0.717) is 29.5 Å². The summed E-state index contributed by atoms with van der Waals surface area (Å²) in [5.41, 5.74) is 0.679. The Morgan fingerprint density at radius 2 is 1.96 bits per heavy atom. The van der Waals surface area contributed by atoms with Crippen molar-refractivity contribution in [3.63, 3.8) is 0 Å². The Kier molecular flexibility index (Phi) is 7.29. The minimum absolute atomic E-state index is 0.0555. The second-order valence-electron chi connectivity index (χ2n) is 6.08. The Bertz CT molecular complexity index is 756. The summed E-state index contributed by atoms with van der Waals surface area (Å²) in [7, 11) is 1.63. The number of thioether (sulfide) groups is 1. The number of ether oxygens (including phenoxy) is 1. The summed E-state index contributed by atoms with van der Waals surface area (Å²) in [5, 5.41) is 12.0. The van der Waals surface area contributed by atoms with Crippen molar-refractivity contribution in [3.8, 4) is 0 Å². The molecular formula is C19H23NO5S. The normalized spacial score (nSPS) is 12.2. The van der Waals surface area contributed by atoms with Crippen molar-refractivity contribution in [1.82, 2.24) is 5.32 Å². The number of methoxy groups -OCH3 is 1. The largest absolute Gasteiger partial charge is 0.478 e. The molecule has 6 nitrogen and oxygen atoms in total. The zero-order valence-electron chi connectivity index (χ0n) is 15.0. The first-order valence-electron chi connectivity index (χ1n) is 8.26. The van der Waals surface area contributed by atoms with E-state index in [9.17, 15) is 9.59 Å². The second kappa shape index (κ2) is 9.45. The van der Waals surface area contributed by atoms with Crippen LogP contribution in [-0.4, -0.2) is 36.7 Å². The van der Waals surface area contributed by atoms with Gasteiger partial charge >= 0.3 is 5.97 Å². The number of hydrogen-bond donors (Lipinski definition) is 2. The molecule has 1 aromatic heterocycles. The third kappa shape index (κ3) is 5.12. The molecule has 1 amide bonds. The second-order valence-corrected chi connectivity index (χ2v) is 7.09. The summed E-state index contributed by atoms with van der Waals surface area (Å²) in [6.45, 7) is 4.49. The van der Waals surface area contributed by atoms with Crippen LogP contribution in [0.15, 0.2) is 45.9 Å². The summed E-state index contributed by atoms with van der Waals surface area (Å²) >= 11 is 1.36. The molecule has 1 aromatic carbocycles. The van der Waals surface area contributed by atoms with Gasteiger partial charge in [0.25, 0.3) is 5.91 Å². The molecule has 0 fully saturated rings. The van der Waals surface area contributed by atoms with Crippen LogP contribution in [0.1, 0.15) is 40.3 Å². The van der Waals surface area contributed by atoms with Gasteiger partial charge in [-0.05, 0) is 24.1 Å². The predicted octanol–water partition coefficient (Wildman–Crippen LogP) is 3.67. The highest BCUT2D eigenvalue weighted by Gasteiger charge is 2.18. The maximum absolute atomic E-state index is 12.5. The zero-order chi connectivity index (χ0) is 19.1. The van der Waals surface area contributed by atoms with Gasteiger partial charge in [0, 0.05) is 18.6 Å². The van der Waals surface area contributed by atoms with Crippen molar-refractivity contribution >= 4 is 23.6 Å². The number of benzene rings is 1. The number of aromatic carboxylic acids is 1. The molecule has 0 saturated heterocycles. The summed E-state index contributed by atoms with van der Waals surface area (Å²) in [5.74, 6) is -0.227. The number of carboxylic acid groups (broad SMARTS) is 1. The van der Waals surface area contributed by atoms with Gasteiger partial charge < -0.3 is 19.6 Å². The van der Waals surface area contributed by atoms with Gasteiger partial charge in [-0.2, -0.15) is 0 Å². The average molecular weight is 377 g/mol. The van der Waals surface area contributed by atoms with Crippen LogP contribution in [0.5, 0.6) is 0 Å². The van der Waals surface area contributed by atoms with Crippen molar-refractivity contribution in [2.24, 2.45) is 5.92 Å². The van der Waals surface area contributed by atoms with Crippen LogP contribution < -0.4 is 5.32 Å². The third-order valence-electron chi connectivity index (χ3n) is 3.98. The van der Waals surface area contributed by atoms with Crippen molar-refractivity contribution in [2.75, 3.05) is 13.7 Å². The van der Waals surface area contributed by atoms with Crippen molar-refractivity contribution in [2.45, 2.75) is 30.6 Å². The molecule has 2 aromatic rings. The minimum Gasteiger partial charge on any atom is -0.478 e. The summed E-state index contributed by atoms with van der Waals surface area (Å²) in [4.78, 5) is 24.5. The molecule has 1 atom stereocenters. The van der Waals surface area contributed by atoms with Crippen LogP contribution in [0.25, 0.3) is 0 Å². The highest BCUT2D eigenvalue weighted by Crippen LogP contribution is 2.28. The number of nitrogens with one attached hydrogen (secondary N) is 1. The lowest BCUT2D eigenvalue weighted by Crippen LogP contribution is -2.36. The van der Waals surface area contributed by atoms with Crippen LogP contribution >= 0.6 is 11.8 Å². The number of carbonyl (C=O) groups excluding carboxylic acids is 1. The fourth-order valence-corrected chi connectivity index (χ4v) is 3.45. The van der Waals surface area contributed by atoms with E-state index < -0.39 is 5.97 Å². The van der Waals surface area contributed by atoms with Crippen LogP contribution in [0.4, 0.5) is 0 Å². The Morgan fingerprint density at radius 3 is 2.62 bits per heavy atom. The lowest BCUT2D eigenvalue weighted by molar-refractivity contribution is 0.0604. The molecule has 0 spiro atoms. The first-order chi connectivity index (χ1) is 12.4. The molecule has 0 saturated carbocycles. The van der Waals surface area contributed by atoms with Crippen LogP contribution in [0, 0.1) is 5.92 Å². The lowest BCUT2D eigenvalue weighted by atomic mass is 10.1. The standard InChI is InChI=1S/C19H23NO5S/c1-12(2)15(24-3)10-20-18(21)14-6-4-5-7-17(14)26-11-16-13(19(22)23)8-9-25-16/h4-9,12,15H,10-11H2,1-3H3,(H,20,21)(H,22,23). The van der Waals surface area contributed by atoms with Gasteiger partial charge in [0.05, 0.1) is 23.7 Å². The fourth-order valence-electron chi connectivity index (χ4n) is 2.45. The van der Waals surface area contributed by atoms with Crippen molar-refractivity contribution in [1.29, 1.82) is 0 Å². The van der Waals surface area contributed by atoms with E-state index in [-0.39, 0.29) is 17.6 Å². The number of carboxylic acids is 1. The number of rotatable bonds is 9. The molecular weight excluding hydrogens is 354 g/mol. The van der Waals surface area contributed by atoms with Crippen LogP contribution in [0.3, 0.4) is 0 Å². The van der Waals surface area contributed by atoms with Crippen LogP contribution in [0.2, 0.25) is 0 Å². The Hall–Kier alpha value is -2.25. The van der Waals surface area contributed by atoms with E-state index in [1.54, 1.807) is 19.2 Å². The molecule has 7 heteroatoms. The van der Waals surface area contributed by atoms with Gasteiger partial charge in [0.15, 0.2) is 0 Å². The molecule has 140 valence electrons. The first kappa shape index (κ1) is 20.1. The van der Waals surface area contributed by atoms with E-state index in [1.165, 1.54) is 24.1 Å². The molecule has 1 unspecified atom stereocenters. The van der Waals surface area contributed by atoms with Crippen molar-refractivity contribution < 1.29 is 23.8 Å². The Morgan fingerprint density at radius 1 is 1.23 bits per heavy atom. The highest BCUT2D eigenvalue weighted by molar-refractivity contribution is 7.98. The fraction of sp³-hybridized carbons (Fsp3) is 0.368. The molecule has 0 aliphatic heterocycles. The Labute approximate surface area is 156 Å². The van der Waals surface area contributed by atoms with E-state index >= 15 is 0 Å². The summed E-state index contributed by atoms with van der Waals surface area (Å²) in [6, 6.07) is 8.64. The number of furan rings is 1. The zero-order valence-corrected chi connectivity index (χ0v) is 15.8. The first-order valence-corrected chi connectivity index (χ1v) is 9.25. The molecule has 0 bridgehead atoms. The van der Waals surface area contributed by atoms with E-state index in [0.717, 1.165) is 4.90 Å². The van der Waals surface area contributed by atoms with Gasteiger partial charge in [-0.25, -0.2) is 4.79 Å². The molecule has 0 radical (unpaired) electrons. The van der Waals surface area contributed by atoms with Gasteiger partial charge in [-0.1, -0.05) is 26.0 Å². The smallest absolute Gasteiger partial charge is 0.339 e. The van der Waals surface area contributed by atoms with E-state index in [4.69, 9.17) is 14.3 Å². The van der Waals surface area contributed by atoms with E-state index in [1.807, 2.05) is 26.0 Å². The average Bonchev–Trinajstić information content (AvgIpc) is 3.09. The Balaban J connectivity index is 2.06. The minimum atomic E-state index is -1.03. The van der Waals surface area contributed by atoms with Gasteiger partial charge in [0.1, 0.15) is 11.3 Å². The molecule has 2 rings (SSSR count). The molecule has 1 heterocycles. The van der Waals surface area contributed by atoms with E-state index in [2.05, 4.69) is 5.32 Å². The predicted molar refractivity (Wildman–Crippen MR) is 99.6 cm³/mol. The van der Waals surface area contributed by atoms with Crippen LogP contribution in [-0.2, 0) is 10.5 Å². The topological polar surface area (TPSA) is 88.8 Å². The summed E-state index contributed by atoms with van der Waals surface area (Å²) < 4.78 is 10.6. The van der Waals surface area contributed by atoms with Gasteiger partial charge in [-0.15, -0.1) is 11.8 Å². The lowest BCUT2D eigenvalue weighted by Gasteiger charge is -2.20. The summed E-state index contributed by atoms with van der Waals surface area (Å²) in [6.07, 6.45) is 1.30. The maximum Gasteiger partial charge on any atom is 0.339 e.